The molecule has 8 nitrogen and oxygen atoms in total. The molecule has 2 aromatic carbocycles. The lowest BCUT2D eigenvalue weighted by molar-refractivity contribution is -0.123. The van der Waals surface area contributed by atoms with Gasteiger partial charge in [-0.3, -0.25) is 14.5 Å². The van der Waals surface area contributed by atoms with Gasteiger partial charge < -0.3 is 19.5 Å². The quantitative estimate of drug-likeness (QED) is 0.437. The number of carbonyl (C=O) groups excluding carboxylic acids is 2. The molecule has 5 rings (SSSR count). The normalized spacial score (nSPS) is 16.0. The highest BCUT2D eigenvalue weighted by Crippen LogP contribution is 2.39. The molecule has 2 aliphatic rings. The first kappa shape index (κ1) is 26.0. The molecule has 2 amide bonds. The second kappa shape index (κ2) is 11.4. The predicted octanol–water partition coefficient (Wildman–Crippen LogP) is 5.38. The molecule has 3 aromatic rings. The summed E-state index contributed by atoms with van der Waals surface area (Å²) < 4.78 is 16.9. The van der Waals surface area contributed by atoms with Crippen molar-refractivity contribution in [3.05, 3.63) is 63.6 Å². The van der Waals surface area contributed by atoms with E-state index in [1.165, 1.54) is 17.8 Å². The number of amides is 2. The summed E-state index contributed by atoms with van der Waals surface area (Å²) in [5.41, 5.74) is 1.87. The first-order valence-corrected chi connectivity index (χ1v) is 13.9. The van der Waals surface area contributed by atoms with Crippen LogP contribution in [0.4, 0.5) is 5.69 Å². The van der Waals surface area contributed by atoms with Gasteiger partial charge in [0.1, 0.15) is 29.9 Å². The summed E-state index contributed by atoms with van der Waals surface area (Å²) in [5, 5.41) is 4.04. The molecule has 0 saturated heterocycles. The number of fused-ring (bicyclic) bond motifs is 1. The molecule has 1 unspecified atom stereocenters. The maximum Gasteiger partial charge on any atom is 0.271 e. The fourth-order valence-electron chi connectivity index (χ4n) is 5.14. The van der Waals surface area contributed by atoms with Crippen molar-refractivity contribution in [2.24, 2.45) is 0 Å². The van der Waals surface area contributed by atoms with Crippen LogP contribution in [0.15, 0.2) is 42.5 Å². The number of methoxy groups -OCH3 is 1. The van der Waals surface area contributed by atoms with Gasteiger partial charge in [0.05, 0.1) is 17.8 Å². The van der Waals surface area contributed by atoms with Crippen LogP contribution in [0.5, 0.6) is 17.2 Å². The van der Waals surface area contributed by atoms with Gasteiger partial charge >= 0.3 is 0 Å². The number of nitrogens with zero attached hydrogens (tertiary/aromatic N) is 2. The summed E-state index contributed by atoms with van der Waals surface area (Å²) in [6, 6.07) is 11.8. The van der Waals surface area contributed by atoms with Crippen molar-refractivity contribution in [2.45, 2.75) is 58.0 Å². The van der Waals surface area contributed by atoms with Crippen molar-refractivity contribution < 1.29 is 23.8 Å². The van der Waals surface area contributed by atoms with Gasteiger partial charge in [0.25, 0.3) is 5.91 Å². The van der Waals surface area contributed by atoms with E-state index in [4.69, 9.17) is 14.2 Å². The van der Waals surface area contributed by atoms with Gasteiger partial charge in [-0.1, -0.05) is 31.4 Å². The van der Waals surface area contributed by atoms with E-state index in [2.05, 4.69) is 10.3 Å². The molecule has 1 fully saturated rings. The van der Waals surface area contributed by atoms with Crippen molar-refractivity contribution in [1.82, 2.24) is 10.3 Å². The van der Waals surface area contributed by atoms with Crippen molar-refractivity contribution in [1.29, 1.82) is 0 Å². The zero-order valence-corrected chi connectivity index (χ0v) is 22.8. The Morgan fingerprint density at radius 1 is 1.03 bits per heavy atom. The number of thiazole rings is 1. The Hall–Kier alpha value is -3.59. The summed E-state index contributed by atoms with van der Waals surface area (Å²) in [5.74, 6) is 1.33. The van der Waals surface area contributed by atoms with Crippen molar-refractivity contribution in [2.75, 3.05) is 25.2 Å². The fourth-order valence-corrected chi connectivity index (χ4v) is 5.99. The number of hydrogen-bond donors (Lipinski definition) is 1. The molecule has 1 atom stereocenters. The van der Waals surface area contributed by atoms with Crippen LogP contribution in [0.3, 0.4) is 0 Å². The molecule has 9 heteroatoms. The van der Waals surface area contributed by atoms with E-state index in [-0.39, 0.29) is 17.9 Å². The molecule has 0 spiro atoms. The average Bonchev–Trinajstić information content (AvgIpc) is 3.29. The number of benzene rings is 2. The highest BCUT2D eigenvalue weighted by molar-refractivity contribution is 7.13. The van der Waals surface area contributed by atoms with Crippen LogP contribution in [0, 0.1) is 13.8 Å². The summed E-state index contributed by atoms with van der Waals surface area (Å²) in [7, 11) is 1.60. The molecule has 1 N–H and O–H groups in total. The standard InChI is InChI=1S/C29H33N3O5S/c1-18-27(38-19(2)30-18)29(34)32(22-11-14-24-25(17-22)37-16-15-36-24)26(20-9-12-23(35-3)13-10-20)28(33)31-21-7-5-4-6-8-21/h9-14,17,21,26H,4-8,15-16H2,1-3H3,(H,31,33). The minimum Gasteiger partial charge on any atom is -0.497 e. The third-order valence-corrected chi connectivity index (χ3v) is 8.07. The Morgan fingerprint density at radius 2 is 1.74 bits per heavy atom. The van der Waals surface area contributed by atoms with E-state index in [9.17, 15) is 9.59 Å². The molecule has 200 valence electrons. The number of nitrogens with one attached hydrogen (secondary N) is 1. The summed E-state index contributed by atoms with van der Waals surface area (Å²) in [6.45, 7) is 4.58. The Bertz CT molecular complexity index is 1300. The fraction of sp³-hybridized carbons (Fsp3) is 0.414. The molecule has 1 aliphatic heterocycles. The predicted molar refractivity (Wildman–Crippen MR) is 147 cm³/mol. The van der Waals surface area contributed by atoms with Gasteiger partial charge in [0.15, 0.2) is 11.5 Å². The van der Waals surface area contributed by atoms with Crippen molar-refractivity contribution in [3.63, 3.8) is 0 Å². The number of hydrogen-bond acceptors (Lipinski definition) is 7. The van der Waals surface area contributed by atoms with E-state index in [0.29, 0.717) is 52.3 Å². The van der Waals surface area contributed by atoms with Crippen LogP contribution in [0.2, 0.25) is 0 Å². The molecule has 1 aromatic heterocycles. The highest BCUT2D eigenvalue weighted by Gasteiger charge is 2.36. The Labute approximate surface area is 226 Å². The maximum atomic E-state index is 14.3. The minimum atomic E-state index is -0.917. The summed E-state index contributed by atoms with van der Waals surface area (Å²) in [4.78, 5) is 34.9. The smallest absolute Gasteiger partial charge is 0.271 e. The number of aromatic nitrogens is 1. The lowest BCUT2D eigenvalue weighted by atomic mass is 9.94. The first-order valence-electron chi connectivity index (χ1n) is 13.1. The third kappa shape index (κ3) is 5.48. The van der Waals surface area contributed by atoms with Crippen molar-refractivity contribution >= 4 is 28.8 Å². The van der Waals surface area contributed by atoms with E-state index in [1.807, 2.05) is 38.1 Å². The molecular formula is C29H33N3O5S. The Kier molecular flexibility index (Phi) is 7.83. The third-order valence-electron chi connectivity index (χ3n) is 7.01. The van der Waals surface area contributed by atoms with E-state index in [1.54, 1.807) is 30.2 Å². The minimum absolute atomic E-state index is 0.0848. The zero-order valence-electron chi connectivity index (χ0n) is 22.0. The summed E-state index contributed by atoms with van der Waals surface area (Å²) in [6.07, 6.45) is 5.23. The topological polar surface area (TPSA) is 90.0 Å². The molecule has 38 heavy (non-hydrogen) atoms. The van der Waals surface area contributed by atoms with E-state index >= 15 is 0 Å². The first-order chi connectivity index (χ1) is 18.4. The summed E-state index contributed by atoms with van der Waals surface area (Å²) >= 11 is 1.33. The number of carbonyl (C=O) groups is 2. The number of ether oxygens (including phenoxy) is 3. The number of rotatable bonds is 7. The lowest BCUT2D eigenvalue weighted by Crippen LogP contribution is -2.47. The van der Waals surface area contributed by atoms with Crippen LogP contribution in [0.25, 0.3) is 0 Å². The Morgan fingerprint density at radius 3 is 2.39 bits per heavy atom. The Balaban J connectivity index is 1.62. The molecule has 1 aliphatic carbocycles. The molecule has 0 bridgehead atoms. The van der Waals surface area contributed by atoms with Gasteiger partial charge in [0.2, 0.25) is 5.91 Å². The monoisotopic (exact) mass is 535 g/mol. The maximum absolute atomic E-state index is 14.3. The van der Waals surface area contributed by atoms with Gasteiger partial charge in [-0.25, -0.2) is 4.98 Å². The lowest BCUT2D eigenvalue weighted by Gasteiger charge is -2.34. The molecule has 2 heterocycles. The highest BCUT2D eigenvalue weighted by atomic mass is 32.1. The van der Waals surface area contributed by atoms with Crippen LogP contribution in [-0.4, -0.2) is 43.2 Å². The largest absolute Gasteiger partial charge is 0.497 e. The van der Waals surface area contributed by atoms with Gasteiger partial charge in [-0.05, 0) is 56.5 Å². The molecule has 0 radical (unpaired) electrons. The second-order valence-corrected chi connectivity index (χ2v) is 10.9. The van der Waals surface area contributed by atoms with Crippen LogP contribution < -0.4 is 24.4 Å². The van der Waals surface area contributed by atoms with Crippen LogP contribution in [-0.2, 0) is 4.79 Å². The van der Waals surface area contributed by atoms with Gasteiger partial charge in [0, 0.05) is 17.8 Å². The number of aryl methyl sites for hydroxylation is 2. The second-order valence-electron chi connectivity index (χ2n) is 9.67. The van der Waals surface area contributed by atoms with Crippen LogP contribution in [0.1, 0.15) is 64.1 Å². The number of anilines is 1. The molecule has 1 saturated carbocycles. The van der Waals surface area contributed by atoms with Crippen molar-refractivity contribution in [3.8, 4) is 17.2 Å². The van der Waals surface area contributed by atoms with Gasteiger partial charge in [-0.2, -0.15) is 0 Å². The molecular weight excluding hydrogens is 502 g/mol. The van der Waals surface area contributed by atoms with Crippen LogP contribution >= 0.6 is 11.3 Å². The zero-order chi connectivity index (χ0) is 26.6. The van der Waals surface area contributed by atoms with E-state index < -0.39 is 6.04 Å². The average molecular weight is 536 g/mol. The van der Waals surface area contributed by atoms with Gasteiger partial charge in [-0.15, -0.1) is 11.3 Å². The van der Waals surface area contributed by atoms with E-state index in [0.717, 1.165) is 30.7 Å². The SMILES string of the molecule is COc1ccc(C(C(=O)NC2CCCCC2)N(C(=O)c2sc(C)nc2C)c2ccc3c(c2)OCCO3)cc1.